The molecule has 0 atom stereocenters. The number of para-hydroxylation sites is 2. The van der Waals surface area contributed by atoms with Crippen LogP contribution in [0.4, 0.5) is 5.69 Å². The number of hydrazine groups is 1. The van der Waals surface area contributed by atoms with Gasteiger partial charge < -0.3 is 9.73 Å². The van der Waals surface area contributed by atoms with Gasteiger partial charge in [-0.05, 0) is 54.9 Å². The predicted octanol–water partition coefficient (Wildman–Crippen LogP) is 4.12. The quantitative estimate of drug-likeness (QED) is 0.412. The van der Waals surface area contributed by atoms with Gasteiger partial charge in [-0.1, -0.05) is 37.6 Å². The summed E-state index contributed by atoms with van der Waals surface area (Å²) in [6.45, 7) is 2.18. The lowest BCUT2D eigenvalue weighted by Crippen LogP contribution is -2.43. The zero-order valence-corrected chi connectivity index (χ0v) is 16.6. The third-order valence-corrected chi connectivity index (χ3v) is 4.45. The summed E-state index contributed by atoms with van der Waals surface area (Å²) >= 11 is 5.21. The Hall–Kier alpha value is -2.93. The minimum Gasteiger partial charge on any atom is -0.441 e. The molecule has 6 nitrogen and oxygen atoms in total. The topological polar surface area (TPSA) is 79.2 Å². The highest BCUT2D eigenvalue weighted by Crippen LogP contribution is 2.15. The van der Waals surface area contributed by atoms with Crippen molar-refractivity contribution < 1.29 is 9.21 Å². The minimum absolute atomic E-state index is 0.193. The van der Waals surface area contributed by atoms with Crippen molar-refractivity contribution >= 4 is 40.0 Å². The number of hydrogen-bond acceptors (Lipinski definition) is 4. The molecule has 0 aliphatic heterocycles. The fraction of sp³-hybridized carbons (Fsp3) is 0.286. The van der Waals surface area contributed by atoms with E-state index in [0.29, 0.717) is 17.4 Å². The zero-order chi connectivity index (χ0) is 19.8. The maximum absolute atomic E-state index is 12.0. The molecule has 28 heavy (non-hydrogen) atoms. The van der Waals surface area contributed by atoms with E-state index in [9.17, 15) is 4.79 Å². The first-order valence-corrected chi connectivity index (χ1v) is 9.84. The fourth-order valence-corrected chi connectivity index (χ4v) is 2.90. The molecule has 146 valence electrons. The van der Waals surface area contributed by atoms with E-state index in [2.05, 4.69) is 40.2 Å². The average Bonchev–Trinajstić information content (AvgIpc) is 3.13. The first-order valence-electron chi connectivity index (χ1n) is 9.43. The Bertz CT molecular complexity index is 904. The monoisotopic (exact) mass is 396 g/mol. The SMILES string of the molecule is CCCCc1ccc(NC(=S)NNC(=O)CCc2nc3ccccc3o2)cc1. The molecule has 0 fully saturated rings. The molecule has 0 aliphatic carbocycles. The summed E-state index contributed by atoms with van der Waals surface area (Å²) < 4.78 is 5.61. The Kier molecular flexibility index (Phi) is 6.97. The van der Waals surface area contributed by atoms with Gasteiger partial charge in [0.1, 0.15) is 5.52 Å². The van der Waals surface area contributed by atoms with E-state index < -0.39 is 0 Å². The lowest BCUT2D eigenvalue weighted by Gasteiger charge is -2.11. The summed E-state index contributed by atoms with van der Waals surface area (Å²) in [6.07, 6.45) is 4.11. The minimum atomic E-state index is -0.193. The molecular formula is C21H24N4O2S. The fourth-order valence-electron chi connectivity index (χ4n) is 2.73. The van der Waals surface area contributed by atoms with Crippen molar-refractivity contribution in [2.45, 2.75) is 39.0 Å². The Balaban J connectivity index is 1.39. The van der Waals surface area contributed by atoms with Crippen LogP contribution in [0.3, 0.4) is 0 Å². The third-order valence-electron chi connectivity index (χ3n) is 4.25. The number of rotatable bonds is 7. The van der Waals surface area contributed by atoms with Crippen LogP contribution in [0.15, 0.2) is 52.9 Å². The molecule has 3 rings (SSSR count). The predicted molar refractivity (Wildman–Crippen MR) is 115 cm³/mol. The molecule has 0 radical (unpaired) electrons. The van der Waals surface area contributed by atoms with Crippen LogP contribution in [0.25, 0.3) is 11.1 Å². The van der Waals surface area contributed by atoms with Crippen LogP contribution < -0.4 is 16.2 Å². The zero-order valence-electron chi connectivity index (χ0n) is 15.8. The number of fused-ring (bicyclic) bond motifs is 1. The van der Waals surface area contributed by atoms with Crippen LogP contribution in [-0.4, -0.2) is 16.0 Å². The van der Waals surface area contributed by atoms with E-state index in [1.165, 1.54) is 18.4 Å². The maximum Gasteiger partial charge on any atom is 0.238 e. The van der Waals surface area contributed by atoms with Crippen molar-refractivity contribution in [3.05, 3.63) is 60.0 Å². The van der Waals surface area contributed by atoms with Crippen molar-refractivity contribution in [2.24, 2.45) is 0 Å². The molecule has 0 saturated carbocycles. The molecular weight excluding hydrogens is 372 g/mol. The lowest BCUT2D eigenvalue weighted by atomic mass is 10.1. The molecule has 0 spiro atoms. The first kappa shape index (κ1) is 19.8. The van der Waals surface area contributed by atoms with E-state index in [0.717, 1.165) is 23.2 Å². The summed E-state index contributed by atoms with van der Waals surface area (Å²) in [4.78, 5) is 16.4. The molecule has 3 aromatic rings. The Morgan fingerprint density at radius 1 is 1.07 bits per heavy atom. The highest BCUT2D eigenvalue weighted by Gasteiger charge is 2.08. The third kappa shape index (κ3) is 5.79. The van der Waals surface area contributed by atoms with Gasteiger partial charge in [0.15, 0.2) is 16.6 Å². The molecule has 2 aromatic carbocycles. The Morgan fingerprint density at radius 3 is 2.61 bits per heavy atom. The molecule has 7 heteroatoms. The number of carbonyl (C=O) groups is 1. The van der Waals surface area contributed by atoms with E-state index >= 15 is 0 Å². The second-order valence-corrected chi connectivity index (χ2v) is 6.91. The second-order valence-electron chi connectivity index (χ2n) is 6.50. The number of unbranched alkanes of at least 4 members (excludes halogenated alkanes) is 1. The average molecular weight is 397 g/mol. The van der Waals surface area contributed by atoms with Gasteiger partial charge in [-0.25, -0.2) is 4.98 Å². The molecule has 1 aromatic heterocycles. The highest BCUT2D eigenvalue weighted by molar-refractivity contribution is 7.80. The van der Waals surface area contributed by atoms with Crippen LogP contribution in [0, 0.1) is 0 Å². The van der Waals surface area contributed by atoms with Crippen LogP contribution in [0.5, 0.6) is 0 Å². The highest BCUT2D eigenvalue weighted by atomic mass is 32.1. The number of aryl methyl sites for hydroxylation is 2. The van der Waals surface area contributed by atoms with Gasteiger partial charge >= 0.3 is 0 Å². The van der Waals surface area contributed by atoms with Gasteiger partial charge in [0.05, 0.1) is 0 Å². The number of thiocarbonyl (C=S) groups is 1. The van der Waals surface area contributed by atoms with Crippen LogP contribution >= 0.6 is 12.2 Å². The van der Waals surface area contributed by atoms with Gasteiger partial charge in [0, 0.05) is 18.5 Å². The van der Waals surface area contributed by atoms with Crippen molar-refractivity contribution in [1.82, 2.24) is 15.8 Å². The van der Waals surface area contributed by atoms with Crippen molar-refractivity contribution in [3.8, 4) is 0 Å². The summed E-state index contributed by atoms with van der Waals surface area (Å²) in [5.41, 5.74) is 8.99. The van der Waals surface area contributed by atoms with Crippen molar-refractivity contribution in [2.75, 3.05) is 5.32 Å². The lowest BCUT2D eigenvalue weighted by molar-refractivity contribution is -0.121. The van der Waals surface area contributed by atoms with E-state index in [1.807, 2.05) is 36.4 Å². The number of anilines is 1. The van der Waals surface area contributed by atoms with Crippen molar-refractivity contribution in [1.29, 1.82) is 0 Å². The molecule has 0 unspecified atom stereocenters. The normalized spacial score (nSPS) is 10.6. The van der Waals surface area contributed by atoms with E-state index in [-0.39, 0.29) is 12.3 Å². The van der Waals surface area contributed by atoms with Crippen LogP contribution in [0.2, 0.25) is 0 Å². The number of nitrogens with zero attached hydrogens (tertiary/aromatic N) is 1. The van der Waals surface area contributed by atoms with Gasteiger partial charge in [-0.2, -0.15) is 0 Å². The molecule has 0 saturated heterocycles. The van der Waals surface area contributed by atoms with Crippen LogP contribution in [-0.2, 0) is 17.6 Å². The number of carbonyl (C=O) groups excluding carboxylic acids is 1. The van der Waals surface area contributed by atoms with Gasteiger partial charge in [-0.3, -0.25) is 15.6 Å². The summed E-state index contributed by atoms with van der Waals surface area (Å²) in [5.74, 6) is 0.349. The molecule has 0 bridgehead atoms. The number of hydrogen-bond donors (Lipinski definition) is 3. The van der Waals surface area contributed by atoms with Gasteiger partial charge in [0.2, 0.25) is 5.91 Å². The van der Waals surface area contributed by atoms with Gasteiger partial charge in [0.25, 0.3) is 0 Å². The number of amides is 1. The number of nitrogens with one attached hydrogen (secondary N) is 3. The Morgan fingerprint density at radius 2 is 1.86 bits per heavy atom. The van der Waals surface area contributed by atoms with E-state index in [4.69, 9.17) is 16.6 Å². The molecule has 3 N–H and O–H groups in total. The number of benzene rings is 2. The Labute approximate surface area is 169 Å². The summed E-state index contributed by atoms with van der Waals surface area (Å²) in [6, 6.07) is 15.7. The second kappa shape index (κ2) is 9.85. The van der Waals surface area contributed by atoms with E-state index in [1.54, 1.807) is 0 Å². The first-order chi connectivity index (χ1) is 13.6. The standard InChI is InChI=1S/C21H24N4O2S/c1-2-3-6-15-9-11-16(12-10-15)22-21(28)25-24-19(26)13-14-20-23-17-7-4-5-8-18(17)27-20/h4-5,7-12H,2-3,6,13-14H2,1H3,(H,24,26)(H2,22,25,28). The summed E-state index contributed by atoms with van der Waals surface area (Å²) in [5, 5.41) is 3.38. The molecule has 1 amide bonds. The maximum atomic E-state index is 12.0. The number of aromatic nitrogens is 1. The number of oxazole rings is 1. The summed E-state index contributed by atoms with van der Waals surface area (Å²) in [7, 11) is 0. The molecule has 1 heterocycles. The van der Waals surface area contributed by atoms with Crippen molar-refractivity contribution in [3.63, 3.8) is 0 Å². The van der Waals surface area contributed by atoms with Gasteiger partial charge in [-0.15, -0.1) is 0 Å². The largest absolute Gasteiger partial charge is 0.441 e. The van der Waals surface area contributed by atoms with Crippen LogP contribution in [0.1, 0.15) is 37.6 Å². The smallest absolute Gasteiger partial charge is 0.238 e. The molecule has 0 aliphatic rings.